The molecule has 1 N–H and O–H groups in total. The molecule has 0 saturated carbocycles. The summed E-state index contributed by atoms with van der Waals surface area (Å²) in [6.07, 6.45) is 3.97. The number of hydrogen-bond acceptors (Lipinski definition) is 4. The smallest absolute Gasteiger partial charge is 0.276 e. The molecular formula is C18H16N4O2. The number of aromatic amines is 1. The van der Waals surface area contributed by atoms with E-state index >= 15 is 0 Å². The maximum absolute atomic E-state index is 12.7. The Kier molecular flexibility index (Phi) is 3.30. The first-order valence-corrected chi connectivity index (χ1v) is 7.80. The molecule has 0 radical (unpaired) electrons. The molecule has 3 aromatic heterocycles. The molecule has 0 aliphatic heterocycles. The van der Waals surface area contributed by atoms with Gasteiger partial charge in [0.15, 0.2) is 11.4 Å². The highest BCUT2D eigenvalue weighted by atomic mass is 16.4. The van der Waals surface area contributed by atoms with Crippen LogP contribution in [0.1, 0.15) is 18.1 Å². The molecule has 0 spiro atoms. The van der Waals surface area contributed by atoms with Crippen molar-refractivity contribution in [3.05, 3.63) is 64.2 Å². The van der Waals surface area contributed by atoms with E-state index in [1.807, 2.05) is 44.2 Å². The molecule has 0 bridgehead atoms. The van der Waals surface area contributed by atoms with Gasteiger partial charge in [0.25, 0.3) is 5.56 Å². The van der Waals surface area contributed by atoms with Crippen LogP contribution < -0.4 is 5.56 Å². The van der Waals surface area contributed by atoms with Gasteiger partial charge in [0.2, 0.25) is 5.89 Å². The van der Waals surface area contributed by atoms with E-state index in [-0.39, 0.29) is 5.56 Å². The molecule has 24 heavy (non-hydrogen) atoms. The summed E-state index contributed by atoms with van der Waals surface area (Å²) >= 11 is 0. The van der Waals surface area contributed by atoms with Crippen molar-refractivity contribution in [1.29, 1.82) is 0 Å². The summed E-state index contributed by atoms with van der Waals surface area (Å²) in [6, 6.07) is 9.73. The van der Waals surface area contributed by atoms with Crippen molar-refractivity contribution in [2.24, 2.45) is 0 Å². The first-order chi connectivity index (χ1) is 11.7. The van der Waals surface area contributed by atoms with Crippen LogP contribution in [0.25, 0.3) is 28.6 Å². The Morgan fingerprint density at radius 1 is 1.25 bits per heavy atom. The molecule has 3 heterocycles. The van der Waals surface area contributed by atoms with Crippen LogP contribution in [0, 0.1) is 6.92 Å². The molecule has 120 valence electrons. The van der Waals surface area contributed by atoms with Crippen molar-refractivity contribution in [1.82, 2.24) is 19.6 Å². The number of aryl methyl sites for hydroxylation is 1. The highest BCUT2D eigenvalue weighted by molar-refractivity contribution is 5.63. The van der Waals surface area contributed by atoms with E-state index in [9.17, 15) is 4.79 Å². The lowest BCUT2D eigenvalue weighted by Gasteiger charge is -2.04. The van der Waals surface area contributed by atoms with Crippen molar-refractivity contribution >= 4 is 5.65 Å². The molecule has 0 aliphatic carbocycles. The van der Waals surface area contributed by atoms with Crippen molar-refractivity contribution in [3.63, 3.8) is 0 Å². The molecule has 0 amide bonds. The van der Waals surface area contributed by atoms with Crippen molar-refractivity contribution in [3.8, 4) is 22.9 Å². The van der Waals surface area contributed by atoms with Gasteiger partial charge in [-0.1, -0.05) is 37.3 Å². The van der Waals surface area contributed by atoms with E-state index in [1.54, 1.807) is 12.4 Å². The molecule has 0 saturated heterocycles. The third kappa shape index (κ3) is 2.15. The van der Waals surface area contributed by atoms with Crippen LogP contribution in [0.2, 0.25) is 0 Å². The molecule has 6 nitrogen and oxygen atoms in total. The Hall–Kier alpha value is -3.15. The SMILES string of the molecule is CCc1c(-c2ncc(-c3ccccc3)o2)nc2c(C)c[nH]n2c1=O. The number of hydrogen-bond donors (Lipinski definition) is 1. The standard InChI is InChI=1S/C18H16N4O2/c1-3-13-15(21-16-11(2)9-20-22(16)18(13)23)17-19-10-14(24-17)12-7-5-4-6-8-12/h4-10,20H,3H2,1-2H3. The summed E-state index contributed by atoms with van der Waals surface area (Å²) < 4.78 is 7.34. The number of H-pyrrole nitrogens is 1. The average Bonchev–Trinajstić information content (AvgIpc) is 3.23. The van der Waals surface area contributed by atoms with Gasteiger partial charge in [-0.05, 0) is 13.3 Å². The zero-order valence-electron chi connectivity index (χ0n) is 13.4. The number of oxazole rings is 1. The maximum atomic E-state index is 12.7. The molecule has 1 aromatic carbocycles. The Morgan fingerprint density at radius 2 is 2.04 bits per heavy atom. The van der Waals surface area contributed by atoms with E-state index in [2.05, 4.69) is 15.1 Å². The molecule has 0 aliphatic rings. The van der Waals surface area contributed by atoms with Crippen LogP contribution in [0.4, 0.5) is 0 Å². The summed E-state index contributed by atoms with van der Waals surface area (Å²) in [7, 11) is 0. The third-order valence-electron chi connectivity index (χ3n) is 4.06. The van der Waals surface area contributed by atoms with Crippen molar-refractivity contribution in [2.75, 3.05) is 0 Å². The van der Waals surface area contributed by atoms with Gasteiger partial charge in [-0.2, -0.15) is 0 Å². The minimum atomic E-state index is -0.120. The first-order valence-electron chi connectivity index (χ1n) is 7.80. The minimum absolute atomic E-state index is 0.120. The summed E-state index contributed by atoms with van der Waals surface area (Å²) in [5, 5.41) is 2.93. The molecule has 6 heteroatoms. The lowest BCUT2D eigenvalue weighted by atomic mass is 10.1. The van der Waals surface area contributed by atoms with Gasteiger partial charge in [0.1, 0.15) is 5.69 Å². The van der Waals surface area contributed by atoms with Crippen LogP contribution >= 0.6 is 0 Å². The monoisotopic (exact) mass is 320 g/mol. The van der Waals surface area contributed by atoms with Crippen LogP contribution in [0.15, 0.2) is 51.9 Å². The zero-order valence-corrected chi connectivity index (χ0v) is 13.4. The van der Waals surface area contributed by atoms with Crippen LogP contribution in [-0.2, 0) is 6.42 Å². The van der Waals surface area contributed by atoms with Crippen molar-refractivity contribution < 1.29 is 4.42 Å². The van der Waals surface area contributed by atoms with Gasteiger partial charge in [-0.3, -0.25) is 9.89 Å². The van der Waals surface area contributed by atoms with Gasteiger partial charge in [0, 0.05) is 17.3 Å². The number of nitrogens with one attached hydrogen (secondary N) is 1. The highest BCUT2D eigenvalue weighted by Crippen LogP contribution is 2.26. The molecule has 0 fully saturated rings. The molecule has 0 atom stereocenters. The fourth-order valence-corrected chi connectivity index (χ4v) is 2.78. The van der Waals surface area contributed by atoms with Gasteiger partial charge >= 0.3 is 0 Å². The van der Waals surface area contributed by atoms with Gasteiger partial charge in [-0.25, -0.2) is 14.5 Å². The lowest BCUT2D eigenvalue weighted by molar-refractivity contribution is 0.584. The Balaban J connectivity index is 1.92. The van der Waals surface area contributed by atoms with Gasteiger partial charge in [-0.15, -0.1) is 0 Å². The number of fused-ring (bicyclic) bond motifs is 1. The van der Waals surface area contributed by atoms with Crippen molar-refractivity contribution in [2.45, 2.75) is 20.3 Å². The number of aromatic nitrogens is 4. The van der Waals surface area contributed by atoms with Crippen LogP contribution in [-0.4, -0.2) is 19.6 Å². The fourth-order valence-electron chi connectivity index (χ4n) is 2.78. The van der Waals surface area contributed by atoms with E-state index in [1.165, 1.54) is 4.52 Å². The molecule has 4 aromatic rings. The highest BCUT2D eigenvalue weighted by Gasteiger charge is 2.19. The topological polar surface area (TPSA) is 76.2 Å². The zero-order chi connectivity index (χ0) is 16.7. The summed E-state index contributed by atoms with van der Waals surface area (Å²) in [5.74, 6) is 1.02. The second kappa shape index (κ2) is 5.49. The number of rotatable bonds is 3. The van der Waals surface area contributed by atoms with E-state index in [4.69, 9.17) is 4.42 Å². The first kappa shape index (κ1) is 14.4. The van der Waals surface area contributed by atoms with Gasteiger partial charge in [0.05, 0.1) is 11.8 Å². The molecule has 4 rings (SSSR count). The third-order valence-corrected chi connectivity index (χ3v) is 4.06. The summed E-state index contributed by atoms with van der Waals surface area (Å²) in [6.45, 7) is 3.82. The van der Waals surface area contributed by atoms with Gasteiger partial charge < -0.3 is 4.42 Å². The predicted octanol–water partition coefficient (Wildman–Crippen LogP) is 3.22. The number of benzene rings is 1. The normalized spacial score (nSPS) is 11.2. The molecular weight excluding hydrogens is 304 g/mol. The largest absolute Gasteiger partial charge is 0.435 e. The maximum Gasteiger partial charge on any atom is 0.276 e. The van der Waals surface area contributed by atoms with E-state index in [0.29, 0.717) is 35.0 Å². The average molecular weight is 320 g/mol. The van der Waals surface area contributed by atoms with Crippen LogP contribution in [0.3, 0.4) is 0 Å². The minimum Gasteiger partial charge on any atom is -0.435 e. The molecule has 0 unspecified atom stereocenters. The Bertz CT molecular complexity index is 1070. The second-order valence-corrected chi connectivity index (χ2v) is 5.61. The summed E-state index contributed by atoms with van der Waals surface area (Å²) in [4.78, 5) is 21.6. The predicted molar refractivity (Wildman–Crippen MR) is 90.9 cm³/mol. The van der Waals surface area contributed by atoms with Crippen LogP contribution in [0.5, 0.6) is 0 Å². The van der Waals surface area contributed by atoms with E-state index in [0.717, 1.165) is 11.1 Å². The Morgan fingerprint density at radius 3 is 2.79 bits per heavy atom. The number of nitrogens with zero attached hydrogens (tertiary/aromatic N) is 3. The summed E-state index contributed by atoms with van der Waals surface area (Å²) in [5.41, 5.74) is 3.38. The van der Waals surface area contributed by atoms with E-state index < -0.39 is 0 Å². The Labute approximate surface area is 137 Å². The quantitative estimate of drug-likeness (QED) is 0.629. The fraction of sp³-hybridized carbons (Fsp3) is 0.167. The lowest BCUT2D eigenvalue weighted by Crippen LogP contribution is -2.21. The second-order valence-electron chi connectivity index (χ2n) is 5.61.